The maximum absolute atomic E-state index is 12.1. The van der Waals surface area contributed by atoms with E-state index in [0.29, 0.717) is 11.4 Å². The molecule has 0 aliphatic heterocycles. The van der Waals surface area contributed by atoms with Crippen LogP contribution >= 0.6 is 0 Å². The van der Waals surface area contributed by atoms with Gasteiger partial charge >= 0.3 is 0 Å². The molecular formula is C17H18N6O2. The first-order valence-electron chi connectivity index (χ1n) is 7.70. The zero-order valence-electron chi connectivity index (χ0n) is 13.9. The number of amides is 2. The van der Waals surface area contributed by atoms with Gasteiger partial charge in [0, 0.05) is 30.8 Å². The maximum atomic E-state index is 12.1. The van der Waals surface area contributed by atoms with E-state index in [1.54, 1.807) is 44.7 Å². The van der Waals surface area contributed by atoms with Crippen molar-refractivity contribution < 1.29 is 9.59 Å². The summed E-state index contributed by atoms with van der Waals surface area (Å²) in [5, 5.41) is 9.43. The molecule has 3 aromatic rings. The van der Waals surface area contributed by atoms with E-state index >= 15 is 0 Å². The molecule has 25 heavy (non-hydrogen) atoms. The van der Waals surface area contributed by atoms with Crippen LogP contribution in [0.3, 0.4) is 0 Å². The van der Waals surface area contributed by atoms with E-state index in [1.807, 2.05) is 22.9 Å². The van der Waals surface area contributed by atoms with Crippen molar-refractivity contribution in [2.45, 2.75) is 6.92 Å². The molecule has 2 N–H and O–H groups in total. The predicted octanol–water partition coefficient (Wildman–Crippen LogP) is 1.28. The third-order valence-electron chi connectivity index (χ3n) is 3.60. The van der Waals surface area contributed by atoms with Gasteiger partial charge in [-0.2, -0.15) is 5.10 Å². The van der Waals surface area contributed by atoms with Gasteiger partial charge in [-0.05, 0) is 37.3 Å². The molecule has 3 rings (SSSR count). The quantitative estimate of drug-likeness (QED) is 0.733. The van der Waals surface area contributed by atoms with Crippen LogP contribution in [0.15, 0.2) is 49.1 Å². The van der Waals surface area contributed by atoms with Gasteiger partial charge < -0.3 is 15.2 Å². The van der Waals surface area contributed by atoms with Crippen molar-refractivity contribution in [2.75, 3.05) is 11.9 Å². The Labute approximate surface area is 144 Å². The summed E-state index contributed by atoms with van der Waals surface area (Å²) in [5.74, 6) is -0.642. The van der Waals surface area contributed by atoms with Crippen LogP contribution in [0.5, 0.6) is 0 Å². The summed E-state index contributed by atoms with van der Waals surface area (Å²) in [4.78, 5) is 28.0. The highest BCUT2D eigenvalue weighted by atomic mass is 16.2. The molecule has 0 saturated carbocycles. The Balaban J connectivity index is 1.54. The molecule has 1 aromatic carbocycles. The highest BCUT2D eigenvalue weighted by Gasteiger charge is 2.13. The van der Waals surface area contributed by atoms with Crippen molar-refractivity contribution in [3.8, 4) is 5.69 Å². The summed E-state index contributed by atoms with van der Waals surface area (Å²) in [5.41, 5.74) is 2.75. The third-order valence-corrected chi connectivity index (χ3v) is 3.60. The molecule has 8 nitrogen and oxygen atoms in total. The Kier molecular flexibility index (Phi) is 4.60. The summed E-state index contributed by atoms with van der Waals surface area (Å²) in [6.07, 6.45) is 5.23. The van der Waals surface area contributed by atoms with Gasteiger partial charge in [-0.25, -0.2) is 4.98 Å². The number of rotatable bonds is 5. The summed E-state index contributed by atoms with van der Waals surface area (Å²) < 4.78 is 3.35. The first kappa shape index (κ1) is 16.4. The molecule has 128 valence electrons. The van der Waals surface area contributed by atoms with Crippen molar-refractivity contribution in [1.29, 1.82) is 0 Å². The van der Waals surface area contributed by atoms with Crippen LogP contribution in [0.2, 0.25) is 0 Å². The van der Waals surface area contributed by atoms with E-state index in [4.69, 9.17) is 0 Å². The lowest BCUT2D eigenvalue weighted by atomic mass is 10.2. The average molecular weight is 338 g/mol. The Morgan fingerprint density at radius 1 is 1.20 bits per heavy atom. The number of nitrogens with one attached hydrogen (secondary N) is 2. The van der Waals surface area contributed by atoms with Gasteiger partial charge in [0.1, 0.15) is 5.69 Å². The third kappa shape index (κ3) is 3.92. The number of anilines is 1. The van der Waals surface area contributed by atoms with Crippen molar-refractivity contribution >= 4 is 17.5 Å². The Morgan fingerprint density at radius 2 is 1.96 bits per heavy atom. The number of carbonyl (C=O) groups excluding carboxylic acids is 2. The van der Waals surface area contributed by atoms with Gasteiger partial charge in [-0.15, -0.1) is 0 Å². The van der Waals surface area contributed by atoms with Crippen molar-refractivity contribution in [2.24, 2.45) is 7.05 Å². The normalized spacial score (nSPS) is 10.5. The molecule has 0 atom stereocenters. The van der Waals surface area contributed by atoms with E-state index in [2.05, 4.69) is 20.7 Å². The average Bonchev–Trinajstić information content (AvgIpc) is 3.23. The van der Waals surface area contributed by atoms with E-state index < -0.39 is 0 Å². The fraction of sp³-hybridized carbons (Fsp3) is 0.176. The number of nitrogens with zero attached hydrogens (tertiary/aromatic N) is 4. The monoisotopic (exact) mass is 338 g/mol. The Bertz CT molecular complexity index is 881. The van der Waals surface area contributed by atoms with Crippen LogP contribution in [-0.2, 0) is 11.8 Å². The van der Waals surface area contributed by atoms with Gasteiger partial charge in [0.05, 0.1) is 18.6 Å². The molecule has 2 heterocycles. The summed E-state index contributed by atoms with van der Waals surface area (Å²) in [7, 11) is 1.68. The number of hydrogen-bond acceptors (Lipinski definition) is 4. The van der Waals surface area contributed by atoms with Crippen LogP contribution < -0.4 is 10.6 Å². The second kappa shape index (κ2) is 7.00. The second-order valence-corrected chi connectivity index (χ2v) is 5.54. The van der Waals surface area contributed by atoms with Gasteiger partial charge in [-0.1, -0.05) is 0 Å². The van der Waals surface area contributed by atoms with Gasteiger partial charge in [0.15, 0.2) is 0 Å². The molecule has 0 fully saturated rings. The maximum Gasteiger partial charge on any atom is 0.269 e. The molecule has 0 spiro atoms. The fourth-order valence-electron chi connectivity index (χ4n) is 2.41. The lowest BCUT2D eigenvalue weighted by molar-refractivity contribution is -0.115. The van der Waals surface area contributed by atoms with Crippen molar-refractivity contribution in [1.82, 2.24) is 24.6 Å². The minimum atomic E-state index is -0.339. The smallest absolute Gasteiger partial charge is 0.269 e. The van der Waals surface area contributed by atoms with E-state index in [0.717, 1.165) is 11.4 Å². The van der Waals surface area contributed by atoms with Gasteiger partial charge in [-0.3, -0.25) is 14.3 Å². The largest absolute Gasteiger partial charge is 0.342 e. The van der Waals surface area contributed by atoms with E-state index in [-0.39, 0.29) is 18.4 Å². The molecule has 2 aromatic heterocycles. The zero-order valence-corrected chi connectivity index (χ0v) is 13.9. The molecule has 0 aliphatic carbocycles. The molecule has 0 aliphatic rings. The molecular weight excluding hydrogens is 320 g/mol. The summed E-state index contributed by atoms with van der Waals surface area (Å²) in [6, 6.07) is 8.99. The number of hydrogen-bond donors (Lipinski definition) is 2. The first-order valence-corrected chi connectivity index (χ1v) is 7.70. The molecule has 0 bridgehead atoms. The van der Waals surface area contributed by atoms with Crippen molar-refractivity contribution in [3.05, 3.63) is 60.4 Å². The van der Waals surface area contributed by atoms with E-state index in [1.165, 1.54) is 4.68 Å². The van der Waals surface area contributed by atoms with Crippen LogP contribution in [0.25, 0.3) is 5.69 Å². The Hall–Kier alpha value is -3.42. The fourth-order valence-corrected chi connectivity index (χ4v) is 2.41. The van der Waals surface area contributed by atoms with Gasteiger partial charge in [0.25, 0.3) is 5.91 Å². The van der Waals surface area contributed by atoms with Gasteiger partial charge in [0.2, 0.25) is 5.91 Å². The number of carbonyl (C=O) groups is 2. The lowest BCUT2D eigenvalue weighted by Crippen LogP contribution is -2.33. The zero-order chi connectivity index (χ0) is 17.8. The number of benzene rings is 1. The summed E-state index contributed by atoms with van der Waals surface area (Å²) >= 11 is 0. The summed E-state index contributed by atoms with van der Waals surface area (Å²) in [6.45, 7) is 1.68. The molecule has 2 amide bonds. The first-order chi connectivity index (χ1) is 12.0. The lowest BCUT2D eigenvalue weighted by Gasteiger charge is -2.08. The molecule has 8 heteroatoms. The number of aryl methyl sites for hydroxylation is 2. The standard InChI is InChI=1S/C17H18N6O2/c1-12-9-15(22(2)21-12)17(25)19-10-16(24)20-13-3-5-14(6-4-13)23-8-7-18-11-23/h3-9,11H,10H2,1-2H3,(H,19,25)(H,20,24). The topological polar surface area (TPSA) is 93.8 Å². The molecule has 0 saturated heterocycles. The van der Waals surface area contributed by atoms with Crippen LogP contribution in [0.4, 0.5) is 5.69 Å². The number of aromatic nitrogens is 4. The van der Waals surface area contributed by atoms with Crippen LogP contribution in [-0.4, -0.2) is 37.7 Å². The minimum absolute atomic E-state index is 0.119. The highest BCUT2D eigenvalue weighted by molar-refractivity contribution is 5.98. The van der Waals surface area contributed by atoms with Crippen LogP contribution in [0, 0.1) is 6.92 Å². The second-order valence-electron chi connectivity index (χ2n) is 5.54. The SMILES string of the molecule is Cc1cc(C(=O)NCC(=O)Nc2ccc(-n3ccnc3)cc2)n(C)n1. The number of imidazole rings is 1. The van der Waals surface area contributed by atoms with Crippen LogP contribution in [0.1, 0.15) is 16.2 Å². The predicted molar refractivity (Wildman–Crippen MR) is 92.5 cm³/mol. The van der Waals surface area contributed by atoms with Crippen molar-refractivity contribution in [3.63, 3.8) is 0 Å². The molecule has 0 unspecified atom stereocenters. The highest BCUT2D eigenvalue weighted by Crippen LogP contribution is 2.12. The minimum Gasteiger partial charge on any atom is -0.342 e. The molecule has 0 radical (unpaired) electrons. The van der Waals surface area contributed by atoms with E-state index in [9.17, 15) is 9.59 Å². The Morgan fingerprint density at radius 3 is 2.56 bits per heavy atom.